The molecule has 0 radical (unpaired) electrons. The first kappa shape index (κ1) is 20.8. The number of nitrogens with one attached hydrogen (secondary N) is 2. The minimum absolute atomic E-state index is 0.141. The predicted octanol–water partition coefficient (Wildman–Crippen LogP) is 1.47. The zero-order valence-electron chi connectivity index (χ0n) is 17.2. The summed E-state index contributed by atoms with van der Waals surface area (Å²) in [5.74, 6) is 6.41. The topological polar surface area (TPSA) is 114 Å². The van der Waals surface area contributed by atoms with Crippen LogP contribution in [-0.4, -0.2) is 52.9 Å². The van der Waals surface area contributed by atoms with Crippen molar-refractivity contribution in [2.24, 2.45) is 0 Å². The van der Waals surface area contributed by atoms with Gasteiger partial charge in [0, 0.05) is 30.1 Å². The van der Waals surface area contributed by atoms with Gasteiger partial charge in [-0.3, -0.25) is 24.9 Å². The monoisotopic (exact) mass is 429 g/mol. The van der Waals surface area contributed by atoms with E-state index < -0.39 is 12.1 Å². The summed E-state index contributed by atoms with van der Waals surface area (Å²) in [5, 5.41) is 4.65. The smallest absolute Gasteiger partial charge is 0.322 e. The molecule has 1 aromatic heterocycles. The number of fused-ring (bicyclic) bond motifs is 2. The van der Waals surface area contributed by atoms with Crippen LogP contribution in [0.3, 0.4) is 0 Å². The fraction of sp³-hybridized carbons (Fsp3) is 0.174. The number of hydrogen-bond acceptors (Lipinski definition) is 6. The van der Waals surface area contributed by atoms with Crippen LogP contribution in [0.1, 0.15) is 21.5 Å². The molecule has 9 heteroatoms. The van der Waals surface area contributed by atoms with E-state index in [1.165, 1.54) is 0 Å². The van der Waals surface area contributed by atoms with Crippen LogP contribution in [0.15, 0.2) is 48.8 Å². The van der Waals surface area contributed by atoms with E-state index in [2.05, 4.69) is 27.1 Å². The maximum atomic E-state index is 12.9. The Kier molecular flexibility index (Phi) is 5.94. The van der Waals surface area contributed by atoms with E-state index in [1.807, 2.05) is 17.4 Å². The summed E-state index contributed by atoms with van der Waals surface area (Å²) < 4.78 is 5.20. The molecule has 0 spiro atoms. The van der Waals surface area contributed by atoms with Crippen molar-refractivity contribution >= 4 is 29.4 Å². The third-order valence-corrected chi connectivity index (χ3v) is 4.95. The maximum absolute atomic E-state index is 12.9. The number of carbonyl (C=O) groups excluding carboxylic acids is 3. The first-order valence-electron chi connectivity index (χ1n) is 9.76. The van der Waals surface area contributed by atoms with Gasteiger partial charge in [-0.25, -0.2) is 4.79 Å². The number of rotatable bonds is 5. The van der Waals surface area contributed by atoms with E-state index in [4.69, 9.17) is 4.74 Å². The quantitative estimate of drug-likeness (QED) is 0.469. The van der Waals surface area contributed by atoms with E-state index >= 15 is 0 Å². The minimum atomic E-state index is -0.715. The lowest BCUT2D eigenvalue weighted by Gasteiger charge is -2.21. The summed E-state index contributed by atoms with van der Waals surface area (Å²) in [6.07, 6.45) is 3.49. The lowest BCUT2D eigenvalue weighted by atomic mass is 10.1. The third kappa shape index (κ3) is 4.49. The molecule has 4 rings (SSSR count). The first-order chi connectivity index (χ1) is 15.6. The standard InChI is InChI=1S/C23H19N5O4/c1-32-18-6-4-16-12-28(22(30)19(16)11-18)13-17(27-23(31)26-14-29)5-2-15-3-7-20-21(10-15)25-9-8-24-20/h3-4,6-11,14,17H,12-13H2,1H3,(H2,26,27,29,31)/t17-/m1/s1. The van der Waals surface area contributed by atoms with Crippen LogP contribution < -0.4 is 15.4 Å². The molecule has 32 heavy (non-hydrogen) atoms. The summed E-state index contributed by atoms with van der Waals surface area (Å²) in [5.41, 5.74) is 3.55. The van der Waals surface area contributed by atoms with Gasteiger partial charge in [0.25, 0.3) is 5.91 Å². The van der Waals surface area contributed by atoms with Crippen LogP contribution in [0.25, 0.3) is 11.0 Å². The number of nitrogens with zero attached hydrogens (tertiary/aromatic N) is 3. The van der Waals surface area contributed by atoms with Crippen molar-refractivity contribution in [3.63, 3.8) is 0 Å². The average Bonchev–Trinajstić information content (AvgIpc) is 3.12. The fourth-order valence-corrected chi connectivity index (χ4v) is 3.43. The number of hydrogen-bond donors (Lipinski definition) is 2. The number of methoxy groups -OCH3 is 1. The highest BCUT2D eigenvalue weighted by molar-refractivity contribution is 5.98. The first-order valence-corrected chi connectivity index (χ1v) is 9.76. The van der Waals surface area contributed by atoms with Gasteiger partial charge in [-0.05, 0) is 35.9 Å². The Labute approximate surface area is 183 Å². The van der Waals surface area contributed by atoms with Crippen molar-refractivity contribution in [2.75, 3.05) is 13.7 Å². The zero-order valence-corrected chi connectivity index (χ0v) is 17.2. The van der Waals surface area contributed by atoms with Gasteiger partial charge in [0.1, 0.15) is 11.8 Å². The van der Waals surface area contributed by atoms with E-state index in [0.29, 0.717) is 28.9 Å². The van der Waals surface area contributed by atoms with Crippen molar-refractivity contribution in [3.05, 3.63) is 65.5 Å². The van der Waals surface area contributed by atoms with Gasteiger partial charge in [-0.2, -0.15) is 0 Å². The molecule has 160 valence electrons. The molecule has 0 saturated heterocycles. The van der Waals surface area contributed by atoms with Crippen LogP contribution in [0.2, 0.25) is 0 Å². The number of benzene rings is 2. The van der Waals surface area contributed by atoms with Gasteiger partial charge in [-0.15, -0.1) is 0 Å². The van der Waals surface area contributed by atoms with Crippen molar-refractivity contribution in [3.8, 4) is 17.6 Å². The Hall–Kier alpha value is -4.45. The molecule has 4 amide bonds. The van der Waals surface area contributed by atoms with Crippen LogP contribution in [0, 0.1) is 11.8 Å². The molecule has 2 N–H and O–H groups in total. The largest absolute Gasteiger partial charge is 0.497 e. The second kappa shape index (κ2) is 9.14. The maximum Gasteiger partial charge on any atom is 0.322 e. The van der Waals surface area contributed by atoms with Crippen molar-refractivity contribution < 1.29 is 19.1 Å². The Balaban J connectivity index is 1.56. The Morgan fingerprint density at radius 2 is 2.03 bits per heavy atom. The van der Waals surface area contributed by atoms with E-state index in [1.54, 1.807) is 48.7 Å². The number of carbonyl (C=O) groups is 3. The summed E-state index contributed by atoms with van der Waals surface area (Å²) >= 11 is 0. The molecule has 0 fully saturated rings. The molecule has 3 aromatic rings. The summed E-state index contributed by atoms with van der Waals surface area (Å²) in [6, 6.07) is 9.32. The molecule has 0 aliphatic carbocycles. The summed E-state index contributed by atoms with van der Waals surface area (Å²) in [7, 11) is 1.54. The second-order valence-corrected chi connectivity index (χ2v) is 7.03. The number of ether oxygens (including phenoxy) is 1. The van der Waals surface area contributed by atoms with Gasteiger partial charge in [0.05, 0.1) is 24.7 Å². The molecular weight excluding hydrogens is 410 g/mol. The highest BCUT2D eigenvalue weighted by atomic mass is 16.5. The third-order valence-electron chi connectivity index (χ3n) is 4.95. The van der Waals surface area contributed by atoms with Gasteiger partial charge < -0.3 is 15.0 Å². The number of urea groups is 1. The van der Waals surface area contributed by atoms with Crippen LogP contribution in [-0.2, 0) is 11.3 Å². The van der Waals surface area contributed by atoms with E-state index in [-0.39, 0.29) is 18.9 Å². The SMILES string of the molecule is COc1ccc2c(c1)C(=O)N(C[C@@H](C#Cc1ccc3nccnc3c1)NC(=O)NC=O)C2. The Morgan fingerprint density at radius 1 is 1.22 bits per heavy atom. The summed E-state index contributed by atoms with van der Waals surface area (Å²) in [6.45, 7) is 0.529. The van der Waals surface area contributed by atoms with Gasteiger partial charge >= 0.3 is 6.03 Å². The van der Waals surface area contributed by atoms with Crippen LogP contribution in [0.4, 0.5) is 4.79 Å². The van der Waals surface area contributed by atoms with Gasteiger partial charge in [0.15, 0.2) is 0 Å². The number of imide groups is 1. The molecule has 0 unspecified atom stereocenters. The Bertz CT molecular complexity index is 1260. The average molecular weight is 429 g/mol. The highest BCUT2D eigenvalue weighted by Gasteiger charge is 2.29. The fourth-order valence-electron chi connectivity index (χ4n) is 3.43. The minimum Gasteiger partial charge on any atom is -0.497 e. The van der Waals surface area contributed by atoms with Crippen LogP contribution >= 0.6 is 0 Å². The number of amides is 4. The number of aromatic nitrogens is 2. The molecule has 0 saturated carbocycles. The predicted molar refractivity (Wildman–Crippen MR) is 116 cm³/mol. The molecular formula is C23H19N5O4. The van der Waals surface area contributed by atoms with Crippen molar-refractivity contribution in [1.29, 1.82) is 0 Å². The zero-order chi connectivity index (χ0) is 22.5. The molecule has 1 aliphatic heterocycles. The normalized spacial score (nSPS) is 13.0. The Morgan fingerprint density at radius 3 is 2.81 bits per heavy atom. The van der Waals surface area contributed by atoms with E-state index in [0.717, 1.165) is 11.1 Å². The highest BCUT2D eigenvalue weighted by Crippen LogP contribution is 2.26. The molecule has 1 aliphatic rings. The van der Waals surface area contributed by atoms with Crippen molar-refractivity contribution in [2.45, 2.75) is 12.6 Å². The lowest BCUT2D eigenvalue weighted by molar-refractivity contribution is -0.108. The van der Waals surface area contributed by atoms with Gasteiger partial charge in [0.2, 0.25) is 6.41 Å². The van der Waals surface area contributed by atoms with Crippen molar-refractivity contribution in [1.82, 2.24) is 25.5 Å². The second-order valence-electron chi connectivity index (χ2n) is 7.03. The molecule has 0 bridgehead atoms. The molecule has 1 atom stereocenters. The van der Waals surface area contributed by atoms with Crippen LogP contribution in [0.5, 0.6) is 5.75 Å². The van der Waals surface area contributed by atoms with E-state index in [9.17, 15) is 14.4 Å². The molecule has 2 aromatic carbocycles. The lowest BCUT2D eigenvalue weighted by Crippen LogP contribution is -2.46. The summed E-state index contributed by atoms with van der Waals surface area (Å²) in [4.78, 5) is 45.5. The molecule has 2 heterocycles. The van der Waals surface area contributed by atoms with Gasteiger partial charge in [-0.1, -0.05) is 17.9 Å². The molecule has 9 nitrogen and oxygen atoms in total.